The first-order chi connectivity index (χ1) is 11.5. The molecule has 1 fully saturated rings. The summed E-state index contributed by atoms with van der Waals surface area (Å²) in [5.74, 6) is 0.145. The van der Waals surface area contributed by atoms with Gasteiger partial charge in [0, 0.05) is 20.0 Å². The molecule has 0 spiro atoms. The number of carbonyl (C=O) groups excluding carboxylic acids is 2. The summed E-state index contributed by atoms with van der Waals surface area (Å²) in [5, 5.41) is 19.3. The largest absolute Gasteiger partial charge is 0.526 e. The molecule has 2 rings (SSSR count). The lowest BCUT2D eigenvalue weighted by atomic mass is 9.71. The highest BCUT2D eigenvalue weighted by molar-refractivity contribution is 5.82. The molecule has 0 radical (unpaired) electrons. The van der Waals surface area contributed by atoms with E-state index in [1.165, 1.54) is 11.2 Å². The number of anilines is 1. The Morgan fingerprint density at radius 1 is 1.36 bits per heavy atom. The number of quaternary nitrogens is 1. The molecular weight excluding hydrogens is 324 g/mol. The second-order valence-electron chi connectivity index (χ2n) is 7.97. The lowest BCUT2D eigenvalue weighted by Gasteiger charge is -2.53. The van der Waals surface area contributed by atoms with Crippen LogP contribution >= 0.6 is 0 Å². The Bertz CT molecular complexity index is 624. The van der Waals surface area contributed by atoms with Gasteiger partial charge in [0.2, 0.25) is 0 Å². The molecule has 25 heavy (non-hydrogen) atoms. The van der Waals surface area contributed by atoms with Crippen molar-refractivity contribution >= 4 is 18.1 Å². The Labute approximate surface area is 148 Å². The number of nitrogens with zero attached hydrogens (tertiary/aromatic N) is 5. The summed E-state index contributed by atoms with van der Waals surface area (Å²) < 4.78 is -0.396. The summed E-state index contributed by atoms with van der Waals surface area (Å²) in [5.41, 5.74) is -0.0745. The Morgan fingerprint density at radius 3 is 2.44 bits per heavy atom. The first-order valence-corrected chi connectivity index (χ1v) is 8.50. The summed E-state index contributed by atoms with van der Waals surface area (Å²) in [7, 11) is 3.26. The molecule has 0 aromatic carbocycles. The molecule has 3 unspecified atom stereocenters. The van der Waals surface area contributed by atoms with Crippen LogP contribution in [-0.4, -0.2) is 63.5 Å². The van der Waals surface area contributed by atoms with Gasteiger partial charge in [-0.15, -0.1) is 9.60 Å². The van der Waals surface area contributed by atoms with Crippen molar-refractivity contribution in [2.24, 2.45) is 11.3 Å². The Kier molecular flexibility index (Phi) is 5.08. The standard InChI is InChI=1S/C16H28N6O3/c1-11-12(16(2,3)4)8-7-9-22(11,14(23)20(5)6)21(15(24)25)13-17-10-18-19-13/h10-12H,7-9H2,1-6H3,(H-,17,18,19,24,25). The van der Waals surface area contributed by atoms with Crippen LogP contribution in [0.15, 0.2) is 6.33 Å². The summed E-state index contributed by atoms with van der Waals surface area (Å²) in [6.45, 7) is 8.65. The number of piperidine rings is 1. The summed E-state index contributed by atoms with van der Waals surface area (Å²) >= 11 is 0. The zero-order chi connectivity index (χ0) is 19.0. The molecule has 3 amide bonds. The molecular formula is C16H28N6O3. The SMILES string of the molecule is CC1C(C(C)(C)C)CCC[N+]1(C(=O)N(C)C)N(C(=O)[O-])c1ncn[nH]1. The van der Waals surface area contributed by atoms with E-state index < -0.39 is 10.7 Å². The average Bonchev–Trinajstić information content (AvgIpc) is 3.00. The lowest BCUT2D eigenvalue weighted by Crippen LogP contribution is -2.77. The van der Waals surface area contributed by atoms with Crippen LogP contribution in [0.1, 0.15) is 40.5 Å². The fourth-order valence-corrected chi connectivity index (χ4v) is 4.14. The molecule has 1 aromatic heterocycles. The van der Waals surface area contributed by atoms with E-state index >= 15 is 0 Å². The quantitative estimate of drug-likeness (QED) is 0.765. The first-order valence-electron chi connectivity index (χ1n) is 8.50. The van der Waals surface area contributed by atoms with Crippen LogP contribution in [0, 0.1) is 11.3 Å². The number of aromatic nitrogens is 3. The van der Waals surface area contributed by atoms with E-state index in [0.29, 0.717) is 6.54 Å². The second-order valence-corrected chi connectivity index (χ2v) is 7.97. The van der Waals surface area contributed by atoms with Gasteiger partial charge in [0.05, 0.1) is 0 Å². The van der Waals surface area contributed by atoms with E-state index in [1.54, 1.807) is 14.1 Å². The fourth-order valence-electron chi connectivity index (χ4n) is 4.14. The van der Waals surface area contributed by atoms with Gasteiger partial charge in [-0.3, -0.25) is 4.90 Å². The molecule has 0 saturated carbocycles. The highest BCUT2D eigenvalue weighted by Gasteiger charge is 2.57. The van der Waals surface area contributed by atoms with Gasteiger partial charge in [0.15, 0.2) is 6.09 Å². The molecule has 3 atom stereocenters. The monoisotopic (exact) mass is 352 g/mol. The number of urea groups is 1. The normalized spacial score (nSPS) is 27.0. The zero-order valence-corrected chi connectivity index (χ0v) is 15.8. The van der Waals surface area contributed by atoms with Crippen LogP contribution in [0.25, 0.3) is 0 Å². The molecule has 1 aliphatic heterocycles. The molecule has 1 aliphatic rings. The first kappa shape index (κ1) is 19.2. The van der Waals surface area contributed by atoms with E-state index in [0.717, 1.165) is 17.9 Å². The van der Waals surface area contributed by atoms with Crippen molar-refractivity contribution in [3.8, 4) is 0 Å². The van der Waals surface area contributed by atoms with Crippen molar-refractivity contribution in [1.82, 2.24) is 20.1 Å². The van der Waals surface area contributed by atoms with Crippen LogP contribution in [0.3, 0.4) is 0 Å². The van der Waals surface area contributed by atoms with Crippen molar-refractivity contribution in [2.75, 3.05) is 25.6 Å². The molecule has 1 N–H and O–H groups in total. The molecule has 9 nitrogen and oxygen atoms in total. The number of rotatable bonds is 1. The predicted octanol–water partition coefficient (Wildman–Crippen LogP) is 1.21. The Balaban J connectivity index is 2.65. The Morgan fingerprint density at radius 2 is 2.00 bits per heavy atom. The number of H-pyrrole nitrogens is 1. The summed E-state index contributed by atoms with van der Waals surface area (Å²) in [6.07, 6.45) is 1.40. The summed E-state index contributed by atoms with van der Waals surface area (Å²) in [4.78, 5) is 30.7. The van der Waals surface area contributed by atoms with Gasteiger partial charge in [0.1, 0.15) is 18.9 Å². The zero-order valence-electron chi connectivity index (χ0n) is 15.8. The van der Waals surface area contributed by atoms with Crippen molar-refractivity contribution < 1.29 is 19.3 Å². The number of carboxylic acid groups (broad SMARTS) is 1. The van der Waals surface area contributed by atoms with E-state index in [9.17, 15) is 14.7 Å². The van der Waals surface area contributed by atoms with Crippen LogP contribution in [0.2, 0.25) is 0 Å². The molecule has 140 valence electrons. The smallest absolute Gasteiger partial charge is 0.444 e. The molecule has 9 heteroatoms. The van der Waals surface area contributed by atoms with E-state index in [-0.39, 0.29) is 29.4 Å². The lowest BCUT2D eigenvalue weighted by molar-refractivity contribution is -0.892. The second kappa shape index (κ2) is 6.62. The van der Waals surface area contributed by atoms with Crippen LogP contribution in [-0.2, 0) is 0 Å². The highest BCUT2D eigenvalue weighted by atomic mass is 16.4. The third kappa shape index (κ3) is 3.20. The maximum atomic E-state index is 13.2. The van der Waals surface area contributed by atoms with Crippen molar-refractivity contribution in [3.63, 3.8) is 0 Å². The molecule has 2 heterocycles. The minimum Gasteiger partial charge on any atom is -0.526 e. The molecule has 1 aromatic rings. The third-order valence-corrected chi connectivity index (χ3v) is 5.23. The maximum Gasteiger partial charge on any atom is 0.444 e. The fraction of sp³-hybridized carbons (Fsp3) is 0.750. The average molecular weight is 352 g/mol. The van der Waals surface area contributed by atoms with Crippen LogP contribution in [0.4, 0.5) is 15.5 Å². The van der Waals surface area contributed by atoms with E-state index in [1.807, 2.05) is 6.92 Å². The molecule has 1 saturated heterocycles. The molecule has 0 aliphatic carbocycles. The van der Waals surface area contributed by atoms with Crippen LogP contribution in [0.5, 0.6) is 0 Å². The van der Waals surface area contributed by atoms with Crippen molar-refractivity contribution in [2.45, 2.75) is 46.6 Å². The van der Waals surface area contributed by atoms with Gasteiger partial charge in [0.25, 0.3) is 5.95 Å². The van der Waals surface area contributed by atoms with Gasteiger partial charge in [-0.05, 0) is 25.2 Å². The number of carbonyl (C=O) groups is 2. The number of hydrogen-bond acceptors (Lipinski definition) is 5. The molecule has 0 bridgehead atoms. The number of likely N-dealkylation sites (tertiary alicyclic amines) is 1. The van der Waals surface area contributed by atoms with E-state index in [4.69, 9.17) is 0 Å². The summed E-state index contributed by atoms with van der Waals surface area (Å²) in [6, 6.07) is -0.589. The van der Waals surface area contributed by atoms with Gasteiger partial charge in [-0.2, -0.15) is 10.1 Å². The minimum atomic E-state index is -1.48. The predicted molar refractivity (Wildman–Crippen MR) is 90.1 cm³/mol. The van der Waals surface area contributed by atoms with Gasteiger partial charge in [-0.1, -0.05) is 20.8 Å². The Hall–Kier alpha value is -2.16. The number of hydrogen-bond donors (Lipinski definition) is 1. The van der Waals surface area contributed by atoms with Crippen LogP contribution < -0.4 is 10.1 Å². The van der Waals surface area contributed by atoms with Gasteiger partial charge >= 0.3 is 6.03 Å². The number of aromatic amines is 1. The van der Waals surface area contributed by atoms with E-state index in [2.05, 4.69) is 36.0 Å². The maximum absolute atomic E-state index is 13.2. The third-order valence-electron chi connectivity index (χ3n) is 5.23. The van der Waals surface area contributed by atoms with Gasteiger partial charge in [-0.25, -0.2) is 9.89 Å². The topological polar surface area (TPSA) is 105 Å². The van der Waals surface area contributed by atoms with Crippen molar-refractivity contribution in [3.05, 3.63) is 6.33 Å². The highest BCUT2D eigenvalue weighted by Crippen LogP contribution is 2.43. The number of nitrogens with one attached hydrogen (secondary N) is 1. The number of amides is 3. The van der Waals surface area contributed by atoms with Gasteiger partial charge < -0.3 is 9.90 Å². The van der Waals surface area contributed by atoms with Crippen molar-refractivity contribution in [1.29, 1.82) is 0 Å². The minimum absolute atomic E-state index is 0.00314.